The van der Waals surface area contributed by atoms with E-state index in [1.165, 1.54) is 0 Å². The number of nitrogens with two attached hydrogens (primary N) is 1. The van der Waals surface area contributed by atoms with Crippen LogP contribution in [0, 0.1) is 0 Å². The molecule has 1 aromatic heterocycles. The predicted octanol–water partition coefficient (Wildman–Crippen LogP) is 3.41. The zero-order valence-corrected chi connectivity index (χ0v) is 13.1. The fourth-order valence-electron chi connectivity index (χ4n) is 2.10. The van der Waals surface area contributed by atoms with Gasteiger partial charge in [0.1, 0.15) is 5.52 Å². The maximum atomic E-state index is 12.3. The minimum absolute atomic E-state index is 0.167. The van der Waals surface area contributed by atoms with Gasteiger partial charge in [0, 0.05) is 11.6 Å². The van der Waals surface area contributed by atoms with Gasteiger partial charge in [-0.3, -0.25) is 4.79 Å². The standard InChI is InChI=1S/C16H23N3O2/c1-5-16(17,6-2)15(20)18-11-7-8-13-12(9-11)19-14(21-13)10(3)4/h7-10H,5-6,17H2,1-4H3,(H,18,20). The van der Waals surface area contributed by atoms with Gasteiger partial charge in [-0.25, -0.2) is 4.98 Å². The number of oxazole rings is 1. The Morgan fingerprint density at radius 2 is 2.05 bits per heavy atom. The molecule has 0 aliphatic heterocycles. The molecule has 0 aliphatic carbocycles. The van der Waals surface area contributed by atoms with Crippen molar-refractivity contribution in [3.8, 4) is 0 Å². The molecule has 21 heavy (non-hydrogen) atoms. The SMILES string of the molecule is CCC(N)(CC)C(=O)Nc1ccc2oc(C(C)C)nc2c1. The van der Waals surface area contributed by atoms with Crippen molar-refractivity contribution in [1.29, 1.82) is 0 Å². The van der Waals surface area contributed by atoms with Crippen molar-refractivity contribution >= 4 is 22.7 Å². The summed E-state index contributed by atoms with van der Waals surface area (Å²) in [6.45, 7) is 7.88. The second kappa shape index (κ2) is 5.85. The maximum absolute atomic E-state index is 12.3. The van der Waals surface area contributed by atoms with Gasteiger partial charge in [-0.05, 0) is 31.0 Å². The Morgan fingerprint density at radius 3 is 2.62 bits per heavy atom. The smallest absolute Gasteiger partial charge is 0.244 e. The molecule has 0 bridgehead atoms. The largest absolute Gasteiger partial charge is 0.440 e. The molecule has 0 saturated carbocycles. The summed E-state index contributed by atoms with van der Waals surface area (Å²) in [6, 6.07) is 5.44. The highest BCUT2D eigenvalue weighted by Gasteiger charge is 2.29. The third-order valence-electron chi connectivity index (χ3n) is 3.87. The molecule has 2 aromatic rings. The maximum Gasteiger partial charge on any atom is 0.244 e. The summed E-state index contributed by atoms with van der Waals surface area (Å²) in [6.07, 6.45) is 1.19. The van der Waals surface area contributed by atoms with Gasteiger partial charge < -0.3 is 15.5 Å². The number of anilines is 1. The highest BCUT2D eigenvalue weighted by atomic mass is 16.3. The lowest BCUT2D eigenvalue weighted by molar-refractivity contribution is -0.121. The molecule has 0 radical (unpaired) electrons. The number of nitrogens with zero attached hydrogens (tertiary/aromatic N) is 1. The van der Waals surface area contributed by atoms with Crippen LogP contribution in [0.25, 0.3) is 11.1 Å². The molecule has 5 heteroatoms. The lowest BCUT2D eigenvalue weighted by Gasteiger charge is -2.25. The first-order chi connectivity index (χ1) is 9.89. The second-order valence-corrected chi connectivity index (χ2v) is 5.71. The molecular weight excluding hydrogens is 266 g/mol. The predicted molar refractivity (Wildman–Crippen MR) is 84.2 cm³/mol. The van der Waals surface area contributed by atoms with Gasteiger partial charge in [0.15, 0.2) is 11.5 Å². The van der Waals surface area contributed by atoms with Gasteiger partial charge >= 0.3 is 0 Å². The van der Waals surface area contributed by atoms with E-state index in [0.29, 0.717) is 24.4 Å². The minimum atomic E-state index is -0.831. The molecule has 0 fully saturated rings. The van der Waals surface area contributed by atoms with Crippen LogP contribution in [0.4, 0.5) is 5.69 Å². The summed E-state index contributed by atoms with van der Waals surface area (Å²) in [5.41, 5.74) is 7.42. The summed E-state index contributed by atoms with van der Waals surface area (Å²) >= 11 is 0. The van der Waals surface area contributed by atoms with E-state index in [0.717, 1.165) is 11.1 Å². The van der Waals surface area contributed by atoms with Crippen LogP contribution >= 0.6 is 0 Å². The summed E-state index contributed by atoms with van der Waals surface area (Å²) in [4.78, 5) is 16.7. The number of carbonyl (C=O) groups is 1. The van der Waals surface area contributed by atoms with Gasteiger partial charge in [-0.1, -0.05) is 27.7 Å². The fraction of sp³-hybridized carbons (Fsp3) is 0.500. The molecule has 0 aliphatic rings. The third-order valence-corrected chi connectivity index (χ3v) is 3.87. The van der Waals surface area contributed by atoms with E-state index in [4.69, 9.17) is 10.2 Å². The van der Waals surface area contributed by atoms with Crippen LogP contribution < -0.4 is 11.1 Å². The van der Waals surface area contributed by atoms with Crippen LogP contribution in [0.15, 0.2) is 22.6 Å². The van der Waals surface area contributed by atoms with Crippen molar-refractivity contribution in [2.45, 2.75) is 52.0 Å². The van der Waals surface area contributed by atoms with Crippen LogP contribution in [-0.2, 0) is 4.79 Å². The van der Waals surface area contributed by atoms with Crippen molar-refractivity contribution in [2.75, 3.05) is 5.32 Å². The van der Waals surface area contributed by atoms with E-state index >= 15 is 0 Å². The van der Waals surface area contributed by atoms with Crippen LogP contribution in [-0.4, -0.2) is 16.4 Å². The first-order valence-electron chi connectivity index (χ1n) is 7.40. The first kappa shape index (κ1) is 15.5. The Balaban J connectivity index is 2.25. The monoisotopic (exact) mass is 289 g/mol. The van der Waals surface area contributed by atoms with E-state index in [-0.39, 0.29) is 11.8 Å². The quantitative estimate of drug-likeness (QED) is 0.883. The van der Waals surface area contributed by atoms with Crippen LogP contribution in [0.1, 0.15) is 52.3 Å². The third kappa shape index (κ3) is 3.08. The molecule has 0 unspecified atom stereocenters. The number of fused-ring (bicyclic) bond motifs is 1. The molecule has 114 valence electrons. The molecule has 1 aromatic carbocycles. The second-order valence-electron chi connectivity index (χ2n) is 5.71. The Kier molecular flexibility index (Phi) is 4.32. The zero-order chi connectivity index (χ0) is 15.6. The van der Waals surface area contributed by atoms with Gasteiger partial charge in [-0.2, -0.15) is 0 Å². The number of rotatable bonds is 5. The number of nitrogens with one attached hydrogen (secondary N) is 1. The Bertz CT molecular complexity index is 642. The lowest BCUT2D eigenvalue weighted by atomic mass is 9.93. The van der Waals surface area contributed by atoms with E-state index in [1.807, 2.05) is 39.8 Å². The van der Waals surface area contributed by atoms with Crippen LogP contribution in [0.5, 0.6) is 0 Å². The van der Waals surface area contributed by atoms with Gasteiger partial charge in [-0.15, -0.1) is 0 Å². The van der Waals surface area contributed by atoms with Crippen molar-refractivity contribution in [3.63, 3.8) is 0 Å². The molecule has 0 atom stereocenters. The van der Waals surface area contributed by atoms with E-state index in [1.54, 1.807) is 6.07 Å². The summed E-state index contributed by atoms with van der Waals surface area (Å²) < 4.78 is 5.65. The number of hydrogen-bond acceptors (Lipinski definition) is 4. The number of aromatic nitrogens is 1. The summed E-state index contributed by atoms with van der Waals surface area (Å²) in [5.74, 6) is 0.760. The number of hydrogen-bond donors (Lipinski definition) is 2. The van der Waals surface area contributed by atoms with E-state index in [9.17, 15) is 4.79 Å². The Labute approximate surface area is 124 Å². The minimum Gasteiger partial charge on any atom is -0.440 e. The lowest BCUT2D eigenvalue weighted by Crippen LogP contribution is -2.50. The molecule has 1 amide bonds. The van der Waals surface area contributed by atoms with Crippen molar-refractivity contribution in [3.05, 3.63) is 24.1 Å². The molecule has 1 heterocycles. The molecule has 5 nitrogen and oxygen atoms in total. The van der Waals surface area contributed by atoms with E-state index < -0.39 is 5.54 Å². The van der Waals surface area contributed by atoms with Crippen LogP contribution in [0.3, 0.4) is 0 Å². The topological polar surface area (TPSA) is 81.2 Å². The van der Waals surface area contributed by atoms with E-state index in [2.05, 4.69) is 10.3 Å². The van der Waals surface area contributed by atoms with Crippen LogP contribution in [0.2, 0.25) is 0 Å². The first-order valence-corrected chi connectivity index (χ1v) is 7.40. The van der Waals surface area contributed by atoms with Gasteiger partial charge in [0.25, 0.3) is 0 Å². The van der Waals surface area contributed by atoms with Crippen molar-refractivity contribution in [1.82, 2.24) is 4.98 Å². The number of benzene rings is 1. The fourth-order valence-corrected chi connectivity index (χ4v) is 2.10. The highest BCUT2D eigenvalue weighted by molar-refractivity contribution is 5.99. The zero-order valence-electron chi connectivity index (χ0n) is 13.1. The number of carbonyl (C=O) groups excluding carboxylic acids is 1. The Morgan fingerprint density at radius 1 is 1.38 bits per heavy atom. The number of amides is 1. The average Bonchev–Trinajstić information content (AvgIpc) is 2.89. The molecule has 2 rings (SSSR count). The van der Waals surface area contributed by atoms with Crippen molar-refractivity contribution < 1.29 is 9.21 Å². The van der Waals surface area contributed by atoms with Crippen molar-refractivity contribution in [2.24, 2.45) is 5.73 Å². The molecular formula is C16H23N3O2. The van der Waals surface area contributed by atoms with Gasteiger partial charge in [0.05, 0.1) is 5.54 Å². The molecule has 0 spiro atoms. The average molecular weight is 289 g/mol. The summed E-state index contributed by atoms with van der Waals surface area (Å²) in [5, 5.41) is 2.87. The highest BCUT2D eigenvalue weighted by Crippen LogP contribution is 2.24. The van der Waals surface area contributed by atoms with Gasteiger partial charge in [0.2, 0.25) is 5.91 Å². The molecule has 3 N–H and O–H groups in total. The normalized spacial score (nSPS) is 12.1. The summed E-state index contributed by atoms with van der Waals surface area (Å²) in [7, 11) is 0. The molecule has 0 saturated heterocycles. The Hall–Kier alpha value is -1.88.